The highest BCUT2D eigenvalue weighted by molar-refractivity contribution is 7.98. The van der Waals surface area contributed by atoms with Gasteiger partial charge in [-0.05, 0) is 32.2 Å². The van der Waals surface area contributed by atoms with E-state index in [4.69, 9.17) is 4.74 Å². The van der Waals surface area contributed by atoms with Gasteiger partial charge in [-0.15, -0.1) is 11.8 Å². The Labute approximate surface area is 82.3 Å². The molecule has 0 heterocycles. The number of rotatable bonds is 3. The molecule has 0 amide bonds. The summed E-state index contributed by atoms with van der Waals surface area (Å²) in [6.45, 7) is 3.85. The fourth-order valence-electron chi connectivity index (χ4n) is 0.997. The van der Waals surface area contributed by atoms with Gasteiger partial charge in [0.2, 0.25) is 0 Å². The maximum atomic E-state index is 12.8. The van der Waals surface area contributed by atoms with Crippen molar-refractivity contribution in [2.24, 2.45) is 0 Å². The Hall–Kier alpha value is -0.700. The summed E-state index contributed by atoms with van der Waals surface area (Å²) in [5.41, 5.74) is 0. The second-order valence-electron chi connectivity index (χ2n) is 2.96. The Kier molecular flexibility index (Phi) is 3.60. The van der Waals surface area contributed by atoms with Crippen molar-refractivity contribution in [2.75, 3.05) is 6.26 Å². The molecule has 1 nitrogen and oxygen atoms in total. The number of ether oxygens (including phenoxy) is 1. The molecule has 0 saturated carbocycles. The van der Waals surface area contributed by atoms with Crippen molar-refractivity contribution in [3.05, 3.63) is 24.0 Å². The smallest absolute Gasteiger partial charge is 0.136 e. The average Bonchev–Trinajstić information content (AvgIpc) is 2.03. The lowest BCUT2D eigenvalue weighted by Gasteiger charge is -2.12. The second kappa shape index (κ2) is 4.51. The summed E-state index contributed by atoms with van der Waals surface area (Å²) < 4.78 is 18.3. The molecule has 0 bridgehead atoms. The first-order valence-corrected chi connectivity index (χ1v) is 5.36. The van der Waals surface area contributed by atoms with E-state index in [-0.39, 0.29) is 11.9 Å². The minimum atomic E-state index is -0.256. The van der Waals surface area contributed by atoms with Gasteiger partial charge in [-0.25, -0.2) is 4.39 Å². The van der Waals surface area contributed by atoms with E-state index in [0.717, 1.165) is 4.90 Å². The molecule has 0 N–H and O–H groups in total. The maximum Gasteiger partial charge on any atom is 0.136 e. The van der Waals surface area contributed by atoms with Gasteiger partial charge in [0.05, 0.1) is 6.10 Å². The maximum absolute atomic E-state index is 12.8. The van der Waals surface area contributed by atoms with Crippen molar-refractivity contribution in [2.45, 2.75) is 24.8 Å². The number of halogens is 1. The van der Waals surface area contributed by atoms with Crippen LogP contribution in [0.4, 0.5) is 4.39 Å². The van der Waals surface area contributed by atoms with Gasteiger partial charge in [0.15, 0.2) is 0 Å². The highest BCUT2D eigenvalue weighted by Crippen LogP contribution is 2.28. The lowest BCUT2D eigenvalue weighted by Crippen LogP contribution is -2.06. The summed E-state index contributed by atoms with van der Waals surface area (Å²) in [6.07, 6.45) is 2.02. The number of hydrogen-bond donors (Lipinski definition) is 0. The van der Waals surface area contributed by atoms with Gasteiger partial charge in [0, 0.05) is 11.0 Å². The van der Waals surface area contributed by atoms with Gasteiger partial charge in [-0.3, -0.25) is 0 Å². The topological polar surface area (TPSA) is 9.23 Å². The standard InChI is InChI=1S/C10H13FOS/c1-7(2)12-9-6-8(11)4-5-10(9)13-3/h4-7H,1-3H3. The molecule has 13 heavy (non-hydrogen) atoms. The Morgan fingerprint density at radius 1 is 1.38 bits per heavy atom. The summed E-state index contributed by atoms with van der Waals surface area (Å²) in [7, 11) is 0. The lowest BCUT2D eigenvalue weighted by molar-refractivity contribution is 0.235. The largest absolute Gasteiger partial charge is 0.490 e. The molecule has 1 aromatic carbocycles. The summed E-state index contributed by atoms with van der Waals surface area (Å²) >= 11 is 1.55. The minimum Gasteiger partial charge on any atom is -0.490 e. The Bertz CT molecular complexity index is 286. The van der Waals surface area contributed by atoms with E-state index in [1.807, 2.05) is 20.1 Å². The predicted octanol–water partition coefficient (Wildman–Crippen LogP) is 3.33. The molecule has 0 aliphatic heterocycles. The fraction of sp³-hybridized carbons (Fsp3) is 0.400. The molecule has 0 fully saturated rings. The number of hydrogen-bond acceptors (Lipinski definition) is 2. The van der Waals surface area contributed by atoms with Crippen molar-refractivity contribution in [1.29, 1.82) is 0 Å². The first kappa shape index (κ1) is 10.4. The molecule has 0 aromatic heterocycles. The molecule has 0 spiro atoms. The first-order valence-electron chi connectivity index (χ1n) is 4.13. The molecular weight excluding hydrogens is 187 g/mol. The molecule has 0 aliphatic carbocycles. The summed E-state index contributed by atoms with van der Waals surface area (Å²) in [5, 5.41) is 0. The molecule has 0 aliphatic rings. The third-order valence-corrected chi connectivity index (χ3v) is 2.27. The van der Waals surface area contributed by atoms with Crippen molar-refractivity contribution in [3.8, 4) is 5.75 Å². The van der Waals surface area contributed by atoms with E-state index in [9.17, 15) is 4.39 Å². The third kappa shape index (κ3) is 2.92. The van der Waals surface area contributed by atoms with Crippen molar-refractivity contribution in [3.63, 3.8) is 0 Å². The van der Waals surface area contributed by atoms with Crippen LogP contribution in [0.15, 0.2) is 23.1 Å². The van der Waals surface area contributed by atoms with Crippen LogP contribution in [0.1, 0.15) is 13.8 Å². The molecule has 72 valence electrons. The van der Waals surface area contributed by atoms with Gasteiger partial charge >= 0.3 is 0 Å². The highest BCUT2D eigenvalue weighted by atomic mass is 32.2. The number of thioether (sulfide) groups is 1. The predicted molar refractivity (Wildman–Crippen MR) is 53.9 cm³/mol. The first-order chi connectivity index (χ1) is 6.13. The van der Waals surface area contributed by atoms with Gasteiger partial charge < -0.3 is 4.74 Å². The highest BCUT2D eigenvalue weighted by Gasteiger charge is 2.05. The van der Waals surface area contributed by atoms with Crippen LogP contribution >= 0.6 is 11.8 Å². The van der Waals surface area contributed by atoms with Crippen molar-refractivity contribution in [1.82, 2.24) is 0 Å². The molecule has 1 aromatic rings. The van der Waals surface area contributed by atoms with E-state index in [0.29, 0.717) is 5.75 Å². The normalized spacial score (nSPS) is 10.5. The Morgan fingerprint density at radius 2 is 2.08 bits per heavy atom. The van der Waals surface area contributed by atoms with E-state index < -0.39 is 0 Å². The van der Waals surface area contributed by atoms with Crippen LogP contribution in [0.2, 0.25) is 0 Å². The van der Waals surface area contributed by atoms with Crippen LogP contribution in [0.3, 0.4) is 0 Å². The van der Waals surface area contributed by atoms with Gasteiger partial charge in [0.25, 0.3) is 0 Å². The van der Waals surface area contributed by atoms with Crippen molar-refractivity contribution >= 4 is 11.8 Å². The molecule has 0 atom stereocenters. The van der Waals surface area contributed by atoms with Gasteiger partial charge in [0.1, 0.15) is 11.6 Å². The summed E-state index contributed by atoms with van der Waals surface area (Å²) in [5.74, 6) is 0.371. The van der Waals surface area contributed by atoms with Crippen LogP contribution in [0, 0.1) is 5.82 Å². The summed E-state index contributed by atoms with van der Waals surface area (Å²) in [4.78, 5) is 0.968. The van der Waals surface area contributed by atoms with E-state index in [2.05, 4.69) is 0 Å². The van der Waals surface area contributed by atoms with Crippen LogP contribution in [-0.4, -0.2) is 12.4 Å². The average molecular weight is 200 g/mol. The zero-order chi connectivity index (χ0) is 9.84. The van der Waals surface area contributed by atoms with Crippen molar-refractivity contribution < 1.29 is 9.13 Å². The zero-order valence-electron chi connectivity index (χ0n) is 8.00. The van der Waals surface area contributed by atoms with E-state index >= 15 is 0 Å². The molecule has 1 rings (SSSR count). The van der Waals surface area contributed by atoms with Gasteiger partial charge in [-0.1, -0.05) is 0 Å². The molecule has 0 unspecified atom stereocenters. The second-order valence-corrected chi connectivity index (χ2v) is 3.81. The minimum absolute atomic E-state index is 0.0766. The van der Waals surface area contributed by atoms with Crippen LogP contribution in [0.5, 0.6) is 5.75 Å². The van der Waals surface area contributed by atoms with E-state index in [1.165, 1.54) is 12.1 Å². The fourth-order valence-corrected chi connectivity index (χ4v) is 1.51. The number of benzene rings is 1. The molecule has 0 radical (unpaired) electrons. The van der Waals surface area contributed by atoms with Crippen LogP contribution < -0.4 is 4.74 Å². The van der Waals surface area contributed by atoms with Gasteiger partial charge in [-0.2, -0.15) is 0 Å². The molecular formula is C10H13FOS. The zero-order valence-corrected chi connectivity index (χ0v) is 8.82. The lowest BCUT2D eigenvalue weighted by atomic mass is 10.3. The van der Waals surface area contributed by atoms with E-state index in [1.54, 1.807) is 17.8 Å². The Balaban J connectivity index is 2.94. The quantitative estimate of drug-likeness (QED) is 0.692. The SMILES string of the molecule is CSc1ccc(F)cc1OC(C)C. The Morgan fingerprint density at radius 3 is 2.62 bits per heavy atom. The monoisotopic (exact) mass is 200 g/mol. The molecule has 3 heteroatoms. The third-order valence-electron chi connectivity index (χ3n) is 1.49. The van der Waals surface area contributed by atoms with Crippen LogP contribution in [0.25, 0.3) is 0 Å². The molecule has 0 saturated heterocycles. The van der Waals surface area contributed by atoms with Crippen LogP contribution in [-0.2, 0) is 0 Å². The summed E-state index contributed by atoms with van der Waals surface area (Å²) in [6, 6.07) is 4.60.